The SMILES string of the molecule is COC1=CC(=O)C=C(C)C1C(=O)Oc1c(C)c(C)c(C(=O)Oc2cc(C)c(C(=O)Oc3c(C)c(C)c(C(=O)O)c(C)c3C)c(C)c2C(C)C)c(O)c1Br. The number of carbonyl (C=O) groups is 5. The third kappa shape index (κ3) is 7.37. The molecule has 0 bridgehead atoms. The van der Waals surface area contributed by atoms with Crippen molar-refractivity contribution in [1.29, 1.82) is 0 Å². The van der Waals surface area contributed by atoms with Gasteiger partial charge in [-0.25, -0.2) is 14.4 Å². The number of rotatable bonds is 9. The molecule has 1 unspecified atom stereocenters. The van der Waals surface area contributed by atoms with E-state index < -0.39 is 35.5 Å². The minimum absolute atomic E-state index is 0.0208. The van der Waals surface area contributed by atoms with Gasteiger partial charge < -0.3 is 29.2 Å². The first-order valence-electron chi connectivity index (χ1n) is 16.8. The molecule has 1 aliphatic rings. The number of hydrogen-bond donors (Lipinski definition) is 2. The predicted molar refractivity (Wildman–Crippen MR) is 201 cm³/mol. The highest BCUT2D eigenvalue weighted by Gasteiger charge is 2.34. The molecule has 0 fully saturated rings. The fourth-order valence-electron chi connectivity index (χ4n) is 6.85. The maximum Gasteiger partial charge on any atom is 0.347 e. The van der Waals surface area contributed by atoms with Crippen molar-refractivity contribution < 1.29 is 53.1 Å². The molecule has 0 aliphatic heterocycles. The lowest BCUT2D eigenvalue weighted by Gasteiger charge is -2.24. The van der Waals surface area contributed by atoms with Crippen LogP contribution in [0, 0.1) is 61.3 Å². The molecule has 0 saturated carbocycles. The summed E-state index contributed by atoms with van der Waals surface area (Å²) >= 11 is 3.29. The van der Waals surface area contributed by atoms with Crippen LogP contribution in [0.2, 0.25) is 0 Å². The number of carbonyl (C=O) groups excluding carboxylic acids is 4. The van der Waals surface area contributed by atoms with Crippen molar-refractivity contribution in [3.63, 3.8) is 0 Å². The number of aromatic carboxylic acids is 1. The number of aryl methyl sites for hydroxylation is 1. The second-order valence-corrected chi connectivity index (χ2v) is 14.4. The predicted octanol–water partition coefficient (Wildman–Crippen LogP) is 8.46. The lowest BCUT2D eigenvalue weighted by molar-refractivity contribution is -0.137. The Bertz CT molecular complexity index is 2130. The summed E-state index contributed by atoms with van der Waals surface area (Å²) in [7, 11) is 1.34. The zero-order valence-corrected chi connectivity index (χ0v) is 33.4. The average molecular weight is 792 g/mol. The number of benzene rings is 3. The van der Waals surface area contributed by atoms with Crippen molar-refractivity contribution in [2.45, 2.75) is 82.1 Å². The van der Waals surface area contributed by atoms with Crippen LogP contribution < -0.4 is 14.2 Å². The van der Waals surface area contributed by atoms with Gasteiger partial charge in [-0.3, -0.25) is 9.59 Å². The molecule has 0 spiro atoms. The van der Waals surface area contributed by atoms with Crippen molar-refractivity contribution in [2.75, 3.05) is 7.11 Å². The van der Waals surface area contributed by atoms with Gasteiger partial charge >= 0.3 is 23.9 Å². The van der Waals surface area contributed by atoms with E-state index >= 15 is 0 Å². The van der Waals surface area contributed by atoms with Crippen LogP contribution in [0.4, 0.5) is 0 Å². The van der Waals surface area contributed by atoms with Gasteiger partial charge in [-0.15, -0.1) is 0 Å². The summed E-state index contributed by atoms with van der Waals surface area (Å²) in [4.78, 5) is 64.9. The largest absolute Gasteiger partial charge is 0.506 e. The van der Waals surface area contributed by atoms with E-state index in [1.807, 2.05) is 13.8 Å². The number of allylic oxidation sites excluding steroid dienone is 2. The second-order valence-electron chi connectivity index (χ2n) is 13.6. The molecule has 0 saturated heterocycles. The minimum atomic E-state index is -1.06. The Labute approximate surface area is 316 Å². The molecule has 11 nitrogen and oxygen atoms in total. The van der Waals surface area contributed by atoms with Gasteiger partial charge in [0.05, 0.1) is 18.2 Å². The molecular weight excluding hydrogens is 748 g/mol. The summed E-state index contributed by atoms with van der Waals surface area (Å²) in [6.07, 6.45) is 2.52. The van der Waals surface area contributed by atoms with Gasteiger partial charge in [0, 0.05) is 11.6 Å². The van der Waals surface area contributed by atoms with Gasteiger partial charge in [-0.2, -0.15) is 0 Å². The molecule has 12 heteroatoms. The van der Waals surface area contributed by atoms with Gasteiger partial charge in [-0.05, 0) is 146 Å². The molecule has 4 rings (SSSR count). The second kappa shape index (κ2) is 15.4. The number of ketones is 1. The van der Waals surface area contributed by atoms with Crippen molar-refractivity contribution in [3.05, 3.63) is 101 Å². The Balaban J connectivity index is 1.71. The highest BCUT2D eigenvalue weighted by atomic mass is 79.9. The molecule has 3 aromatic rings. The molecule has 0 amide bonds. The van der Waals surface area contributed by atoms with Crippen LogP contribution in [-0.4, -0.2) is 47.0 Å². The number of esters is 3. The fourth-order valence-corrected chi connectivity index (χ4v) is 7.43. The van der Waals surface area contributed by atoms with Crippen LogP contribution >= 0.6 is 15.9 Å². The maximum atomic E-state index is 13.9. The van der Waals surface area contributed by atoms with Crippen LogP contribution in [-0.2, 0) is 14.3 Å². The first-order chi connectivity index (χ1) is 24.7. The molecule has 3 aromatic carbocycles. The molecule has 53 heavy (non-hydrogen) atoms. The normalized spacial score (nSPS) is 14.1. The number of carboxylic acid groups (broad SMARTS) is 1. The summed E-state index contributed by atoms with van der Waals surface area (Å²) in [5.74, 6) is -4.84. The van der Waals surface area contributed by atoms with E-state index in [0.717, 1.165) is 0 Å². The molecule has 0 heterocycles. The molecule has 0 aromatic heterocycles. The van der Waals surface area contributed by atoms with Crippen LogP contribution in [0.15, 0.2) is 34.0 Å². The van der Waals surface area contributed by atoms with Crippen LogP contribution in [0.1, 0.15) is 108 Å². The topological polar surface area (TPSA) is 163 Å². The lowest BCUT2D eigenvalue weighted by Crippen LogP contribution is -2.28. The van der Waals surface area contributed by atoms with Gasteiger partial charge in [0.25, 0.3) is 0 Å². The first-order valence-corrected chi connectivity index (χ1v) is 17.6. The van der Waals surface area contributed by atoms with E-state index in [1.165, 1.54) is 19.3 Å². The number of aromatic hydroxyl groups is 1. The number of hydrogen-bond acceptors (Lipinski definition) is 10. The Hall–Kier alpha value is -5.23. The third-order valence-electron chi connectivity index (χ3n) is 9.93. The van der Waals surface area contributed by atoms with Crippen molar-refractivity contribution in [1.82, 2.24) is 0 Å². The standard InChI is InChI=1S/C41H43BrO11/c1-16(2)29-25(11)30(39(47)52-36-22(8)19(5)32(38(45)46)20(6)23(36)9)18(4)14-28(29)51-41(49)33-21(7)24(10)37(34(42)35(33)44)53-40(48)31-17(3)13-26(43)15-27(31)50-12/h13-16,31,44H,1-12H3,(H,45,46). The number of phenolic OH excluding ortho intramolecular Hbond substituents is 1. The number of ether oxygens (including phenoxy) is 4. The molecular formula is C41H43BrO11. The Morgan fingerprint density at radius 3 is 1.77 bits per heavy atom. The minimum Gasteiger partial charge on any atom is -0.506 e. The first kappa shape index (κ1) is 40.5. The van der Waals surface area contributed by atoms with Crippen molar-refractivity contribution >= 4 is 45.6 Å². The third-order valence-corrected chi connectivity index (χ3v) is 10.7. The van der Waals surface area contributed by atoms with Crippen molar-refractivity contribution in [3.8, 4) is 23.0 Å². The van der Waals surface area contributed by atoms with E-state index in [1.54, 1.807) is 68.4 Å². The summed E-state index contributed by atoms with van der Waals surface area (Å²) in [5, 5.41) is 21.0. The Morgan fingerprint density at radius 1 is 0.717 bits per heavy atom. The molecule has 1 aliphatic carbocycles. The van der Waals surface area contributed by atoms with E-state index in [0.29, 0.717) is 50.1 Å². The monoisotopic (exact) mass is 790 g/mol. The summed E-state index contributed by atoms with van der Waals surface area (Å²) < 4.78 is 22.9. The van der Waals surface area contributed by atoms with E-state index in [4.69, 9.17) is 18.9 Å². The fraction of sp³-hybridized carbons (Fsp3) is 0.341. The summed E-state index contributed by atoms with van der Waals surface area (Å²) in [6.45, 7) is 18.7. The highest BCUT2D eigenvalue weighted by molar-refractivity contribution is 9.10. The molecule has 1 atom stereocenters. The molecule has 280 valence electrons. The number of carboxylic acids is 1. The molecule has 0 radical (unpaired) electrons. The maximum absolute atomic E-state index is 13.9. The lowest BCUT2D eigenvalue weighted by atomic mass is 9.90. The average Bonchev–Trinajstić information content (AvgIpc) is 3.05. The zero-order chi connectivity index (χ0) is 40.0. The van der Waals surface area contributed by atoms with Crippen LogP contribution in [0.5, 0.6) is 23.0 Å². The van der Waals surface area contributed by atoms with Crippen LogP contribution in [0.25, 0.3) is 0 Å². The van der Waals surface area contributed by atoms with Gasteiger partial charge in [0.2, 0.25) is 0 Å². The van der Waals surface area contributed by atoms with E-state index in [9.17, 15) is 34.2 Å². The number of halogens is 1. The van der Waals surface area contributed by atoms with Gasteiger partial charge in [0.15, 0.2) is 11.5 Å². The number of phenols is 1. The van der Waals surface area contributed by atoms with Gasteiger partial charge in [0.1, 0.15) is 39.0 Å². The van der Waals surface area contributed by atoms with E-state index in [2.05, 4.69) is 15.9 Å². The van der Waals surface area contributed by atoms with Crippen molar-refractivity contribution in [2.24, 2.45) is 5.92 Å². The summed E-state index contributed by atoms with van der Waals surface area (Å²) in [5.41, 5.74) is 4.98. The number of methoxy groups -OCH3 is 1. The summed E-state index contributed by atoms with van der Waals surface area (Å²) in [6, 6.07) is 1.57. The smallest absolute Gasteiger partial charge is 0.347 e. The van der Waals surface area contributed by atoms with Crippen LogP contribution in [0.3, 0.4) is 0 Å². The quantitative estimate of drug-likeness (QED) is 0.158. The molecule has 2 N–H and O–H groups in total. The zero-order valence-electron chi connectivity index (χ0n) is 31.8. The van der Waals surface area contributed by atoms with E-state index in [-0.39, 0.29) is 61.4 Å². The van der Waals surface area contributed by atoms with Gasteiger partial charge in [-0.1, -0.05) is 13.8 Å². The Kier molecular flexibility index (Phi) is 11.8. The Morgan fingerprint density at radius 2 is 1.25 bits per heavy atom. The highest BCUT2D eigenvalue weighted by Crippen LogP contribution is 2.44.